The van der Waals surface area contributed by atoms with Crippen molar-refractivity contribution in [2.75, 3.05) is 20.7 Å². The molecule has 0 aliphatic rings. The van der Waals surface area contributed by atoms with Crippen molar-refractivity contribution in [3.05, 3.63) is 64.0 Å². The first-order valence-electron chi connectivity index (χ1n) is 12.1. The van der Waals surface area contributed by atoms with Crippen LogP contribution in [-0.4, -0.2) is 42.7 Å². The summed E-state index contributed by atoms with van der Waals surface area (Å²) in [5, 5.41) is 11.5. The Morgan fingerprint density at radius 3 is 2.21 bits per heavy atom. The Balaban J connectivity index is 1.96. The molecule has 3 rings (SSSR count). The number of benzene rings is 2. The number of aliphatic hydroxyl groups excluding tert-OH is 1. The van der Waals surface area contributed by atoms with Crippen LogP contribution in [0.4, 0.5) is 0 Å². The fourth-order valence-corrected chi connectivity index (χ4v) is 5.54. The van der Waals surface area contributed by atoms with Crippen molar-refractivity contribution in [2.45, 2.75) is 65.9 Å². The van der Waals surface area contributed by atoms with Crippen LogP contribution < -0.4 is 4.74 Å². The van der Waals surface area contributed by atoms with Crippen molar-refractivity contribution >= 4 is 27.3 Å². The first kappa shape index (κ1) is 26.2. The number of hydrogen-bond acceptors (Lipinski definition) is 4. The summed E-state index contributed by atoms with van der Waals surface area (Å²) in [6.45, 7) is 12.9. The molecule has 4 nitrogen and oxygen atoms in total. The lowest BCUT2D eigenvalue weighted by Crippen LogP contribution is -2.32. The molecule has 1 N–H and O–H groups in total. The zero-order valence-corrected chi connectivity index (χ0v) is 22.7. The van der Waals surface area contributed by atoms with Crippen LogP contribution in [0.15, 0.2) is 42.5 Å². The molecule has 0 radical (unpaired) electrons. The zero-order valence-electron chi connectivity index (χ0n) is 21.9. The van der Waals surface area contributed by atoms with E-state index < -0.39 is 6.10 Å². The summed E-state index contributed by atoms with van der Waals surface area (Å²) < 4.78 is 7.12. The molecule has 1 unspecified atom stereocenters. The number of hydrogen-bond donors (Lipinski definition) is 1. The van der Waals surface area contributed by atoms with Gasteiger partial charge in [0.05, 0.1) is 11.0 Å². The Labute approximate surface area is 208 Å². The van der Waals surface area contributed by atoms with Crippen LogP contribution in [0.1, 0.15) is 73.8 Å². The van der Waals surface area contributed by atoms with Crippen LogP contribution in [0, 0.1) is 12.3 Å². The summed E-state index contributed by atoms with van der Waals surface area (Å²) in [4.78, 5) is 14.9. The smallest absolute Gasteiger partial charge is 0.263 e. The van der Waals surface area contributed by atoms with Crippen LogP contribution in [-0.2, 0) is 5.41 Å². The number of carbonyl (C=O) groups is 1. The van der Waals surface area contributed by atoms with Crippen LogP contribution in [0.25, 0.3) is 10.1 Å². The van der Waals surface area contributed by atoms with Crippen LogP contribution in [0.2, 0.25) is 0 Å². The lowest BCUT2D eigenvalue weighted by atomic mass is 9.70. The second kappa shape index (κ2) is 10.1. The van der Waals surface area contributed by atoms with E-state index in [0.29, 0.717) is 0 Å². The Bertz CT molecular complexity index is 1150. The molecule has 0 saturated heterocycles. The Morgan fingerprint density at radius 2 is 1.65 bits per heavy atom. The monoisotopic (exact) mass is 481 g/mol. The molecular weight excluding hydrogens is 442 g/mol. The van der Waals surface area contributed by atoms with Crippen molar-refractivity contribution < 1.29 is 14.6 Å². The van der Waals surface area contributed by atoms with Gasteiger partial charge in [0, 0.05) is 24.2 Å². The van der Waals surface area contributed by atoms with Gasteiger partial charge in [-0.2, -0.15) is 0 Å². The third-order valence-electron chi connectivity index (χ3n) is 7.02. The van der Waals surface area contributed by atoms with E-state index in [2.05, 4.69) is 51.1 Å². The van der Waals surface area contributed by atoms with E-state index in [9.17, 15) is 9.90 Å². The van der Waals surface area contributed by atoms with Gasteiger partial charge in [-0.15, -0.1) is 11.3 Å². The average Bonchev–Trinajstić information content (AvgIpc) is 3.21. The molecule has 2 aromatic carbocycles. The van der Waals surface area contributed by atoms with Crippen molar-refractivity contribution in [1.29, 1.82) is 0 Å². The predicted octanol–water partition coefficient (Wildman–Crippen LogP) is 6.80. The largest absolute Gasteiger partial charge is 0.491 e. The summed E-state index contributed by atoms with van der Waals surface area (Å²) in [5.74, 6) is 0.858. The molecule has 34 heavy (non-hydrogen) atoms. The molecule has 0 aliphatic carbocycles. The summed E-state index contributed by atoms with van der Waals surface area (Å²) >= 11 is 1.56. The summed E-state index contributed by atoms with van der Waals surface area (Å²) in [6.07, 6.45) is 1.40. The molecule has 0 bridgehead atoms. The quantitative estimate of drug-likeness (QED) is 0.385. The highest BCUT2D eigenvalue weighted by atomic mass is 32.1. The summed E-state index contributed by atoms with van der Waals surface area (Å²) in [5.41, 5.74) is 3.26. The fraction of sp³-hybridized carbons (Fsp3) is 0.483. The molecule has 0 saturated carbocycles. The number of thiophene rings is 1. The van der Waals surface area contributed by atoms with Gasteiger partial charge in [-0.05, 0) is 65.5 Å². The Morgan fingerprint density at radius 1 is 1.03 bits per heavy atom. The Kier molecular flexibility index (Phi) is 7.79. The van der Waals surface area contributed by atoms with Gasteiger partial charge in [0.2, 0.25) is 0 Å². The molecule has 1 heterocycles. The first-order valence-corrected chi connectivity index (χ1v) is 12.9. The zero-order chi connectivity index (χ0) is 25.3. The van der Waals surface area contributed by atoms with Crippen LogP contribution in [0.3, 0.4) is 0 Å². The second-order valence-electron chi connectivity index (χ2n) is 10.5. The number of aryl methyl sites for hydroxylation is 1. The van der Waals surface area contributed by atoms with Gasteiger partial charge in [0.1, 0.15) is 12.4 Å². The molecule has 184 valence electrons. The van der Waals surface area contributed by atoms with Gasteiger partial charge in [-0.3, -0.25) is 4.79 Å². The van der Waals surface area contributed by atoms with Crippen LogP contribution in [0.5, 0.6) is 5.75 Å². The number of aliphatic hydroxyl groups is 1. The van der Waals surface area contributed by atoms with Crippen LogP contribution >= 0.6 is 11.3 Å². The number of amides is 1. The summed E-state index contributed by atoms with van der Waals surface area (Å²) in [6, 6.07) is 15.0. The Hall–Kier alpha value is -2.37. The number of fused-ring (bicyclic) bond motifs is 1. The molecule has 1 aromatic heterocycles. The first-order chi connectivity index (χ1) is 15.9. The minimum Gasteiger partial charge on any atom is -0.491 e. The van der Waals surface area contributed by atoms with Gasteiger partial charge in [-0.25, -0.2) is 0 Å². The van der Waals surface area contributed by atoms with E-state index in [-0.39, 0.29) is 23.3 Å². The van der Waals surface area contributed by atoms with E-state index in [0.717, 1.165) is 39.1 Å². The minimum absolute atomic E-state index is 0.0442. The third-order valence-corrected chi connectivity index (χ3v) is 8.11. The van der Waals surface area contributed by atoms with Gasteiger partial charge in [0.15, 0.2) is 0 Å². The maximum atomic E-state index is 12.5. The number of carbonyl (C=O) groups excluding carboxylic acids is 1. The molecule has 5 heteroatoms. The number of rotatable bonds is 8. The third kappa shape index (κ3) is 5.16. The number of ether oxygens (including phenoxy) is 1. The fourth-order valence-electron chi connectivity index (χ4n) is 4.42. The van der Waals surface area contributed by atoms with Gasteiger partial charge < -0.3 is 14.7 Å². The molecule has 1 amide bonds. The number of nitrogens with zero attached hydrogens (tertiary/aromatic N) is 1. The molecule has 1 atom stereocenters. The molecule has 3 aromatic rings. The van der Waals surface area contributed by atoms with Crippen molar-refractivity contribution in [3.8, 4) is 5.75 Å². The molecule has 0 fully saturated rings. The van der Waals surface area contributed by atoms with Crippen molar-refractivity contribution in [3.63, 3.8) is 0 Å². The second-order valence-corrected chi connectivity index (χ2v) is 11.6. The normalized spacial score (nSPS) is 13.2. The lowest BCUT2D eigenvalue weighted by molar-refractivity contribution is 0.0216. The van der Waals surface area contributed by atoms with E-state index in [1.807, 2.05) is 32.9 Å². The van der Waals surface area contributed by atoms with E-state index in [4.69, 9.17) is 4.74 Å². The highest BCUT2D eigenvalue weighted by molar-refractivity contribution is 7.20. The summed E-state index contributed by atoms with van der Waals surface area (Å²) in [7, 11) is 3.58. The topological polar surface area (TPSA) is 49.8 Å². The average molecular weight is 482 g/mol. The molecule has 0 spiro atoms. The van der Waals surface area contributed by atoms with Gasteiger partial charge in [-0.1, -0.05) is 58.9 Å². The van der Waals surface area contributed by atoms with E-state index in [1.165, 1.54) is 11.1 Å². The maximum Gasteiger partial charge on any atom is 0.263 e. The van der Waals surface area contributed by atoms with Crippen molar-refractivity contribution in [2.24, 2.45) is 5.41 Å². The van der Waals surface area contributed by atoms with E-state index in [1.54, 1.807) is 30.3 Å². The van der Waals surface area contributed by atoms with Gasteiger partial charge >= 0.3 is 0 Å². The SMILES string of the molecule is CCC(CC)(c1ccc(OCC(O)C(C)(C)C)c(C)c1)c1ccc2cc(C(=O)N(C)C)sc2c1. The molecule has 0 aliphatic heterocycles. The molecular formula is C29H39NO3S. The minimum atomic E-state index is -0.529. The predicted molar refractivity (Wildman–Crippen MR) is 143 cm³/mol. The standard InChI is InChI=1S/C29H39NO3S/c1-9-29(10-2,21-13-14-23(19(3)15-21)33-18-26(31)28(4,5)6)22-12-11-20-16-25(27(32)30(7)8)34-24(20)17-22/h11-17,26,31H,9-10,18H2,1-8H3. The van der Waals surface area contributed by atoms with Crippen molar-refractivity contribution in [1.82, 2.24) is 4.90 Å². The highest BCUT2D eigenvalue weighted by Gasteiger charge is 2.32. The lowest BCUT2D eigenvalue weighted by Gasteiger charge is -2.34. The van der Waals surface area contributed by atoms with Gasteiger partial charge in [0.25, 0.3) is 5.91 Å². The van der Waals surface area contributed by atoms with E-state index >= 15 is 0 Å². The maximum absolute atomic E-state index is 12.5. The highest BCUT2D eigenvalue weighted by Crippen LogP contribution is 2.42.